The summed E-state index contributed by atoms with van der Waals surface area (Å²) in [7, 11) is 0. The van der Waals surface area contributed by atoms with E-state index in [0.29, 0.717) is 10.7 Å². The first-order valence-corrected chi connectivity index (χ1v) is 7.21. The number of hydrogen-bond acceptors (Lipinski definition) is 3. The van der Waals surface area contributed by atoms with Crippen molar-refractivity contribution in [3.63, 3.8) is 0 Å². The van der Waals surface area contributed by atoms with E-state index >= 15 is 0 Å². The lowest BCUT2D eigenvalue weighted by molar-refractivity contribution is -0.115. The standard InChI is InChI=1S/C16H13ClF2N2O3/c17-11-6-2-3-7-12(11)21-14(22)9-20-15(23)10-5-1-4-8-13(10)24-16(18)19/h1-8,16H,9H2,(H,20,23)(H,21,22). The summed E-state index contributed by atoms with van der Waals surface area (Å²) in [4.78, 5) is 23.9. The second-order valence-electron chi connectivity index (χ2n) is 4.59. The molecule has 0 saturated heterocycles. The summed E-state index contributed by atoms with van der Waals surface area (Å²) < 4.78 is 28.9. The van der Waals surface area contributed by atoms with Crippen LogP contribution in [0.25, 0.3) is 0 Å². The van der Waals surface area contributed by atoms with Crippen molar-refractivity contribution in [2.45, 2.75) is 6.61 Å². The van der Waals surface area contributed by atoms with Gasteiger partial charge in [-0.1, -0.05) is 35.9 Å². The largest absolute Gasteiger partial charge is 0.434 e. The van der Waals surface area contributed by atoms with Crippen LogP contribution in [0, 0.1) is 0 Å². The summed E-state index contributed by atoms with van der Waals surface area (Å²) in [6.45, 7) is -3.41. The van der Waals surface area contributed by atoms with E-state index in [4.69, 9.17) is 11.6 Å². The van der Waals surface area contributed by atoms with E-state index < -0.39 is 18.4 Å². The minimum absolute atomic E-state index is 0.0941. The van der Waals surface area contributed by atoms with Crippen molar-refractivity contribution in [1.29, 1.82) is 0 Å². The molecule has 126 valence electrons. The van der Waals surface area contributed by atoms with E-state index in [1.807, 2.05) is 0 Å². The maximum absolute atomic E-state index is 12.3. The second-order valence-corrected chi connectivity index (χ2v) is 4.99. The van der Waals surface area contributed by atoms with Crippen LogP contribution >= 0.6 is 11.6 Å². The Kier molecular flexibility index (Phi) is 6.08. The fourth-order valence-corrected chi connectivity index (χ4v) is 2.05. The number of amides is 2. The molecule has 0 saturated carbocycles. The smallest absolute Gasteiger partial charge is 0.387 e. The number of alkyl halides is 2. The molecule has 5 nitrogen and oxygen atoms in total. The first-order valence-electron chi connectivity index (χ1n) is 6.84. The third kappa shape index (κ3) is 4.92. The van der Waals surface area contributed by atoms with Gasteiger partial charge in [-0.2, -0.15) is 8.78 Å². The molecule has 0 spiro atoms. The molecule has 8 heteroatoms. The number of benzene rings is 2. The third-order valence-electron chi connectivity index (χ3n) is 2.91. The first-order chi connectivity index (χ1) is 11.5. The van der Waals surface area contributed by atoms with Gasteiger partial charge in [-0.05, 0) is 24.3 Å². The lowest BCUT2D eigenvalue weighted by atomic mass is 10.2. The van der Waals surface area contributed by atoms with Gasteiger partial charge in [-0.3, -0.25) is 9.59 Å². The van der Waals surface area contributed by atoms with E-state index in [1.54, 1.807) is 24.3 Å². The Labute approximate surface area is 141 Å². The Hall–Kier alpha value is -2.67. The zero-order valence-electron chi connectivity index (χ0n) is 12.3. The number of hydrogen-bond donors (Lipinski definition) is 2. The molecule has 2 aromatic rings. The summed E-state index contributed by atoms with van der Waals surface area (Å²) in [6.07, 6.45) is 0. The Balaban J connectivity index is 1.96. The Morgan fingerprint density at radius 1 is 1.08 bits per heavy atom. The molecule has 0 heterocycles. The van der Waals surface area contributed by atoms with Crippen LogP contribution in [0.2, 0.25) is 5.02 Å². The van der Waals surface area contributed by atoms with E-state index in [9.17, 15) is 18.4 Å². The van der Waals surface area contributed by atoms with Gasteiger partial charge in [0.1, 0.15) is 5.75 Å². The van der Waals surface area contributed by atoms with Crippen molar-refractivity contribution >= 4 is 29.1 Å². The number of carbonyl (C=O) groups is 2. The number of halogens is 3. The predicted molar refractivity (Wildman–Crippen MR) is 85.5 cm³/mol. The SMILES string of the molecule is O=C(CNC(=O)c1ccccc1OC(F)F)Nc1ccccc1Cl. The topological polar surface area (TPSA) is 67.4 Å². The van der Waals surface area contributed by atoms with Gasteiger partial charge in [-0.15, -0.1) is 0 Å². The maximum Gasteiger partial charge on any atom is 0.387 e. The molecule has 2 aromatic carbocycles. The van der Waals surface area contributed by atoms with Crippen molar-refractivity contribution in [3.05, 3.63) is 59.1 Å². The highest BCUT2D eigenvalue weighted by molar-refractivity contribution is 6.33. The summed E-state index contributed by atoms with van der Waals surface area (Å²) in [5.41, 5.74) is 0.309. The van der Waals surface area contributed by atoms with Crippen LogP contribution in [0.15, 0.2) is 48.5 Å². The highest BCUT2D eigenvalue weighted by atomic mass is 35.5. The maximum atomic E-state index is 12.3. The molecule has 0 aliphatic carbocycles. The lowest BCUT2D eigenvalue weighted by Gasteiger charge is -2.11. The molecule has 2 rings (SSSR count). The number of nitrogens with one attached hydrogen (secondary N) is 2. The highest BCUT2D eigenvalue weighted by Crippen LogP contribution is 2.21. The molecule has 0 radical (unpaired) electrons. The molecule has 0 aliphatic heterocycles. The van der Waals surface area contributed by atoms with E-state index in [-0.39, 0.29) is 17.9 Å². The van der Waals surface area contributed by atoms with Gasteiger partial charge in [-0.25, -0.2) is 0 Å². The minimum atomic E-state index is -3.05. The molecule has 0 bridgehead atoms. The quantitative estimate of drug-likeness (QED) is 0.836. The summed E-state index contributed by atoms with van der Waals surface area (Å²) in [6, 6.07) is 12.1. The highest BCUT2D eigenvalue weighted by Gasteiger charge is 2.16. The van der Waals surface area contributed by atoms with Gasteiger partial charge in [0, 0.05) is 0 Å². The van der Waals surface area contributed by atoms with Crippen LogP contribution in [0.3, 0.4) is 0 Å². The molecular formula is C16H13ClF2N2O3. The number of para-hydroxylation sites is 2. The zero-order chi connectivity index (χ0) is 17.5. The molecule has 0 atom stereocenters. The molecule has 0 aliphatic rings. The van der Waals surface area contributed by atoms with Crippen molar-refractivity contribution in [3.8, 4) is 5.75 Å². The molecule has 2 N–H and O–H groups in total. The predicted octanol–water partition coefficient (Wildman–Crippen LogP) is 3.31. The van der Waals surface area contributed by atoms with Crippen LogP contribution in [-0.2, 0) is 4.79 Å². The average Bonchev–Trinajstić information content (AvgIpc) is 2.55. The number of anilines is 1. The molecular weight excluding hydrogens is 342 g/mol. The van der Waals surface area contributed by atoms with Crippen LogP contribution < -0.4 is 15.4 Å². The summed E-state index contributed by atoms with van der Waals surface area (Å²) in [5, 5.41) is 5.21. The van der Waals surface area contributed by atoms with Gasteiger partial charge >= 0.3 is 6.61 Å². The fraction of sp³-hybridized carbons (Fsp3) is 0.125. The fourth-order valence-electron chi connectivity index (χ4n) is 1.87. The van der Waals surface area contributed by atoms with Gasteiger partial charge in [0.2, 0.25) is 5.91 Å². The van der Waals surface area contributed by atoms with E-state index in [0.717, 1.165) is 0 Å². The second kappa shape index (κ2) is 8.26. The normalized spacial score (nSPS) is 10.3. The van der Waals surface area contributed by atoms with Crippen LogP contribution in [0.1, 0.15) is 10.4 Å². The number of carbonyl (C=O) groups excluding carboxylic acids is 2. The van der Waals surface area contributed by atoms with E-state index in [2.05, 4.69) is 15.4 Å². The van der Waals surface area contributed by atoms with Crippen molar-refractivity contribution in [2.24, 2.45) is 0 Å². The summed E-state index contributed by atoms with van der Waals surface area (Å²) >= 11 is 5.91. The first kappa shape index (κ1) is 17.7. The molecule has 24 heavy (non-hydrogen) atoms. The monoisotopic (exact) mass is 354 g/mol. The molecule has 2 amide bonds. The Bertz CT molecular complexity index is 741. The number of ether oxygens (including phenoxy) is 1. The van der Waals surface area contributed by atoms with Crippen molar-refractivity contribution in [1.82, 2.24) is 5.32 Å². The molecule has 0 fully saturated rings. The lowest BCUT2D eigenvalue weighted by Crippen LogP contribution is -2.33. The van der Waals surface area contributed by atoms with Gasteiger partial charge < -0.3 is 15.4 Å². The van der Waals surface area contributed by atoms with Crippen LogP contribution in [0.4, 0.5) is 14.5 Å². The molecule has 0 aromatic heterocycles. The minimum Gasteiger partial charge on any atom is -0.434 e. The van der Waals surface area contributed by atoms with Gasteiger partial charge in [0.25, 0.3) is 5.91 Å². The van der Waals surface area contributed by atoms with E-state index in [1.165, 1.54) is 24.3 Å². The zero-order valence-corrected chi connectivity index (χ0v) is 13.0. The van der Waals surface area contributed by atoms with Gasteiger partial charge in [0.15, 0.2) is 0 Å². The van der Waals surface area contributed by atoms with Crippen LogP contribution in [-0.4, -0.2) is 25.0 Å². The van der Waals surface area contributed by atoms with Crippen molar-refractivity contribution in [2.75, 3.05) is 11.9 Å². The van der Waals surface area contributed by atoms with Crippen LogP contribution in [0.5, 0.6) is 5.75 Å². The molecule has 0 unspecified atom stereocenters. The Morgan fingerprint density at radius 3 is 2.46 bits per heavy atom. The average molecular weight is 355 g/mol. The Morgan fingerprint density at radius 2 is 1.75 bits per heavy atom. The third-order valence-corrected chi connectivity index (χ3v) is 3.23. The van der Waals surface area contributed by atoms with Gasteiger partial charge in [0.05, 0.1) is 22.8 Å². The summed E-state index contributed by atoms with van der Waals surface area (Å²) in [5.74, 6) is -1.49. The van der Waals surface area contributed by atoms with Crippen molar-refractivity contribution < 1.29 is 23.1 Å². The number of rotatable bonds is 6.